The Kier molecular flexibility index (Phi) is 5.90. The van der Waals surface area contributed by atoms with E-state index in [1.54, 1.807) is 27.7 Å². The van der Waals surface area contributed by atoms with Gasteiger partial charge in [-0.2, -0.15) is 0 Å². The first-order valence-corrected chi connectivity index (χ1v) is 8.58. The average molecular weight is 319 g/mol. The monoisotopic (exact) mass is 319 g/mol. The first-order chi connectivity index (χ1) is 10.7. The van der Waals surface area contributed by atoms with E-state index in [9.17, 15) is 10.1 Å². The van der Waals surface area contributed by atoms with Gasteiger partial charge in [-0.15, -0.1) is 0 Å². The zero-order valence-corrected chi connectivity index (χ0v) is 14.9. The van der Waals surface area contributed by atoms with Gasteiger partial charge in [0.15, 0.2) is 0 Å². The number of nitrogens with zero attached hydrogens (tertiary/aromatic N) is 1. The van der Waals surface area contributed by atoms with Gasteiger partial charge in [0.2, 0.25) is 0 Å². The van der Waals surface area contributed by atoms with Crippen molar-refractivity contribution in [2.24, 2.45) is 0 Å². The second kappa shape index (κ2) is 7.35. The van der Waals surface area contributed by atoms with Crippen molar-refractivity contribution < 1.29 is 14.8 Å². The second-order valence-electron chi connectivity index (χ2n) is 7.62. The Morgan fingerprint density at radius 2 is 1.78 bits per heavy atom. The molecule has 1 heterocycles. The number of aliphatic hydroxyl groups is 1. The number of piperidine rings is 1. The van der Waals surface area contributed by atoms with Crippen molar-refractivity contribution in [3.63, 3.8) is 0 Å². The van der Waals surface area contributed by atoms with Gasteiger partial charge in [-0.05, 0) is 64.7 Å². The highest BCUT2D eigenvalue weighted by Gasteiger charge is 2.39. The Bertz CT molecular complexity index is 507. The third-order valence-corrected chi connectivity index (χ3v) is 4.97. The largest absolute Gasteiger partial charge is 0.491 e. The molecule has 2 N–H and O–H groups in total. The van der Waals surface area contributed by atoms with Crippen LogP contribution in [0.15, 0.2) is 24.3 Å². The molecule has 0 radical (unpaired) electrons. The Labute approximate surface area is 140 Å². The van der Waals surface area contributed by atoms with Crippen LogP contribution in [0.3, 0.4) is 0 Å². The van der Waals surface area contributed by atoms with Crippen LogP contribution in [0.25, 0.3) is 0 Å². The van der Waals surface area contributed by atoms with Crippen molar-refractivity contribution >= 4 is 12.6 Å². The van der Waals surface area contributed by atoms with E-state index in [0.29, 0.717) is 0 Å². The smallest absolute Gasteiger partial charge is 0.423 e. The molecule has 1 aromatic rings. The van der Waals surface area contributed by atoms with Crippen LogP contribution in [0, 0.1) is 0 Å². The maximum absolute atomic E-state index is 10.4. The summed E-state index contributed by atoms with van der Waals surface area (Å²) in [6.45, 7) is 10.2. The van der Waals surface area contributed by atoms with E-state index in [-0.39, 0.29) is 0 Å². The number of rotatable bonds is 6. The molecule has 0 unspecified atom stereocenters. The lowest BCUT2D eigenvalue weighted by Crippen LogP contribution is -2.53. The number of hydrogen-bond donors (Lipinski definition) is 2. The van der Waals surface area contributed by atoms with Crippen LogP contribution in [0.2, 0.25) is 0 Å². The van der Waals surface area contributed by atoms with Gasteiger partial charge < -0.3 is 14.8 Å². The Hall–Kier alpha value is -0.875. The zero-order valence-electron chi connectivity index (χ0n) is 14.9. The average Bonchev–Trinajstić information content (AvgIpc) is 2.47. The Morgan fingerprint density at radius 3 is 2.39 bits per heavy atom. The van der Waals surface area contributed by atoms with Crippen LogP contribution >= 0.6 is 0 Å². The summed E-state index contributed by atoms with van der Waals surface area (Å²) in [6, 6.07) is 7.91. The molecule has 0 aliphatic carbocycles. The summed E-state index contributed by atoms with van der Waals surface area (Å²) < 4.78 is 5.73. The highest BCUT2D eigenvalue weighted by atomic mass is 16.5. The van der Waals surface area contributed by atoms with Crippen LogP contribution in [-0.4, -0.2) is 46.4 Å². The lowest BCUT2D eigenvalue weighted by Gasteiger charge is -2.38. The summed E-state index contributed by atoms with van der Waals surface area (Å²) in [7, 11) is -1.04. The van der Waals surface area contributed by atoms with Gasteiger partial charge in [0.05, 0.1) is 11.2 Å². The van der Waals surface area contributed by atoms with Gasteiger partial charge in [-0.1, -0.05) is 30.7 Å². The van der Waals surface area contributed by atoms with Crippen molar-refractivity contribution in [2.75, 3.05) is 13.1 Å². The molecule has 1 saturated heterocycles. The maximum atomic E-state index is 10.4. The molecule has 0 saturated carbocycles. The van der Waals surface area contributed by atoms with Crippen molar-refractivity contribution in [3.8, 4) is 0 Å². The molecular formula is C18H30BNO3. The highest BCUT2D eigenvalue weighted by Crippen LogP contribution is 2.25. The van der Waals surface area contributed by atoms with Crippen molar-refractivity contribution in [2.45, 2.75) is 64.7 Å². The quantitative estimate of drug-likeness (QED) is 0.787. The molecule has 0 amide bonds. The van der Waals surface area contributed by atoms with Crippen molar-refractivity contribution in [1.82, 2.24) is 4.90 Å². The predicted molar refractivity (Wildman–Crippen MR) is 94.6 cm³/mol. The normalized spacial score (nSPS) is 17.3. The maximum Gasteiger partial charge on any atom is 0.491 e. The fourth-order valence-electron chi connectivity index (χ4n) is 2.71. The minimum Gasteiger partial charge on any atom is -0.423 e. The summed E-state index contributed by atoms with van der Waals surface area (Å²) in [5.74, 6) is 0. The summed E-state index contributed by atoms with van der Waals surface area (Å²) in [6.07, 6.45) is 3.87. The first kappa shape index (κ1) is 18.5. The Morgan fingerprint density at radius 1 is 1.13 bits per heavy atom. The van der Waals surface area contributed by atoms with E-state index in [0.717, 1.165) is 25.1 Å². The molecule has 1 aromatic carbocycles. The van der Waals surface area contributed by atoms with Crippen LogP contribution < -0.4 is 5.46 Å². The van der Waals surface area contributed by atoms with Gasteiger partial charge >= 0.3 is 7.12 Å². The molecule has 0 atom stereocenters. The molecule has 1 aliphatic rings. The fourth-order valence-corrected chi connectivity index (χ4v) is 2.71. The summed E-state index contributed by atoms with van der Waals surface area (Å²) in [5.41, 5.74) is 0.0271. The van der Waals surface area contributed by atoms with Gasteiger partial charge in [0.1, 0.15) is 0 Å². The molecule has 0 spiro atoms. The molecule has 1 aliphatic heterocycles. The SMILES string of the molecule is CC(C)(O)C(C)(C)OB(O)c1cccc(CN2CCCCC2)c1. The van der Waals surface area contributed by atoms with Gasteiger partial charge in [-0.25, -0.2) is 0 Å². The van der Waals surface area contributed by atoms with E-state index in [1.807, 2.05) is 18.2 Å². The zero-order chi connectivity index (χ0) is 17.1. The lowest BCUT2D eigenvalue weighted by molar-refractivity contribution is -0.0982. The third kappa shape index (κ3) is 5.05. The number of benzene rings is 1. The van der Waals surface area contributed by atoms with E-state index < -0.39 is 18.3 Å². The molecule has 4 nitrogen and oxygen atoms in total. The van der Waals surface area contributed by atoms with E-state index in [1.165, 1.54) is 24.8 Å². The molecule has 0 aromatic heterocycles. The standard InChI is InChI=1S/C18H30BNO3/c1-17(2,21)18(3,4)23-19(22)16-10-8-9-15(13-16)14-20-11-6-5-7-12-20/h8-10,13,21-22H,5-7,11-12,14H2,1-4H3. The lowest BCUT2D eigenvalue weighted by atomic mass is 9.76. The molecule has 128 valence electrons. The minimum atomic E-state index is -1.04. The minimum absolute atomic E-state index is 0.733. The summed E-state index contributed by atoms with van der Waals surface area (Å²) >= 11 is 0. The summed E-state index contributed by atoms with van der Waals surface area (Å²) in [5, 5.41) is 20.6. The third-order valence-electron chi connectivity index (χ3n) is 4.97. The molecule has 5 heteroatoms. The van der Waals surface area contributed by atoms with Crippen molar-refractivity contribution in [1.29, 1.82) is 0 Å². The first-order valence-electron chi connectivity index (χ1n) is 8.58. The number of hydrogen-bond acceptors (Lipinski definition) is 4. The van der Waals surface area contributed by atoms with E-state index in [2.05, 4.69) is 11.0 Å². The van der Waals surface area contributed by atoms with Gasteiger partial charge in [0, 0.05) is 6.54 Å². The van der Waals surface area contributed by atoms with Crippen LogP contribution in [0.5, 0.6) is 0 Å². The molecule has 2 rings (SSSR count). The van der Waals surface area contributed by atoms with E-state index >= 15 is 0 Å². The fraction of sp³-hybridized carbons (Fsp3) is 0.667. The van der Waals surface area contributed by atoms with Crippen LogP contribution in [0.1, 0.15) is 52.5 Å². The molecule has 1 fully saturated rings. The van der Waals surface area contributed by atoms with Gasteiger partial charge in [0.25, 0.3) is 0 Å². The van der Waals surface area contributed by atoms with Crippen LogP contribution in [-0.2, 0) is 11.2 Å². The van der Waals surface area contributed by atoms with Gasteiger partial charge in [-0.3, -0.25) is 4.90 Å². The number of likely N-dealkylation sites (tertiary alicyclic amines) is 1. The topological polar surface area (TPSA) is 52.9 Å². The van der Waals surface area contributed by atoms with E-state index in [4.69, 9.17) is 4.65 Å². The predicted octanol–water partition coefficient (Wildman–Crippen LogP) is 1.93. The molecular weight excluding hydrogens is 289 g/mol. The Balaban J connectivity index is 2.03. The van der Waals surface area contributed by atoms with Crippen molar-refractivity contribution in [3.05, 3.63) is 29.8 Å². The molecule has 0 bridgehead atoms. The summed E-state index contributed by atoms with van der Waals surface area (Å²) in [4.78, 5) is 2.45. The molecule has 23 heavy (non-hydrogen) atoms. The van der Waals surface area contributed by atoms with Crippen LogP contribution in [0.4, 0.5) is 0 Å². The second-order valence-corrected chi connectivity index (χ2v) is 7.62. The highest BCUT2D eigenvalue weighted by molar-refractivity contribution is 6.60.